The van der Waals surface area contributed by atoms with Crippen LogP contribution in [0.15, 0.2) is 48.5 Å². The van der Waals surface area contributed by atoms with Gasteiger partial charge in [-0.1, -0.05) is 56.7 Å². The fourth-order valence-corrected chi connectivity index (χ4v) is 6.88. The minimum atomic E-state index is -1.08. The molecule has 45 heavy (non-hydrogen) atoms. The predicted octanol–water partition coefficient (Wildman–Crippen LogP) is 5.43. The summed E-state index contributed by atoms with van der Waals surface area (Å²) in [7, 11) is 1.58. The SMILES string of the molecule is CCNC(=O)C(C)(NC(=O)C(C)(COC)c1ccc2[nH]c([C@@H](NC(=O)CC)[C@H](c3ccccc3)C3(C)CC3)nc2c1)C1CCC1. The van der Waals surface area contributed by atoms with Crippen molar-refractivity contribution in [3.63, 3.8) is 0 Å². The fraction of sp³-hybridized carbons (Fsp3) is 0.556. The molecule has 5 rings (SSSR count). The summed E-state index contributed by atoms with van der Waals surface area (Å²) in [6.07, 6.45) is 5.38. The molecule has 2 aromatic carbocycles. The summed E-state index contributed by atoms with van der Waals surface area (Å²) in [5.74, 6) is 0.358. The number of benzene rings is 2. The lowest BCUT2D eigenvalue weighted by Crippen LogP contribution is -2.65. The number of fused-ring (bicyclic) bond motifs is 1. The van der Waals surface area contributed by atoms with E-state index < -0.39 is 11.0 Å². The first-order valence-electron chi connectivity index (χ1n) is 16.4. The Bertz CT molecular complexity index is 1530. The first-order chi connectivity index (χ1) is 21.5. The van der Waals surface area contributed by atoms with Crippen molar-refractivity contribution in [2.75, 3.05) is 20.3 Å². The number of carbonyl (C=O) groups is 3. The van der Waals surface area contributed by atoms with Crippen LogP contribution in [-0.4, -0.2) is 53.5 Å². The van der Waals surface area contributed by atoms with E-state index in [1.165, 1.54) is 5.56 Å². The second-order valence-corrected chi connectivity index (χ2v) is 13.7. The minimum Gasteiger partial charge on any atom is -0.383 e. The number of methoxy groups -OCH3 is 1. The van der Waals surface area contributed by atoms with Gasteiger partial charge >= 0.3 is 0 Å². The molecule has 0 aliphatic heterocycles. The van der Waals surface area contributed by atoms with Gasteiger partial charge in [0, 0.05) is 26.0 Å². The summed E-state index contributed by atoms with van der Waals surface area (Å²) in [5, 5.41) is 9.37. The average Bonchev–Trinajstić information content (AvgIpc) is 3.58. The molecule has 4 N–H and O–H groups in total. The number of ether oxygens (including phenoxy) is 1. The number of aromatic nitrogens is 2. The largest absolute Gasteiger partial charge is 0.383 e. The number of aromatic amines is 1. The Morgan fingerprint density at radius 3 is 2.36 bits per heavy atom. The Balaban J connectivity index is 1.51. The van der Waals surface area contributed by atoms with Gasteiger partial charge in [-0.3, -0.25) is 14.4 Å². The van der Waals surface area contributed by atoms with Gasteiger partial charge in [0.15, 0.2) is 0 Å². The molecule has 4 atom stereocenters. The van der Waals surface area contributed by atoms with Gasteiger partial charge in [-0.25, -0.2) is 4.98 Å². The molecule has 3 amide bonds. The van der Waals surface area contributed by atoms with Crippen LogP contribution in [-0.2, 0) is 24.5 Å². The number of H-pyrrole nitrogens is 1. The summed E-state index contributed by atoms with van der Waals surface area (Å²) >= 11 is 0. The number of imidazole rings is 1. The number of carbonyl (C=O) groups excluding carboxylic acids is 3. The van der Waals surface area contributed by atoms with Crippen molar-refractivity contribution < 1.29 is 19.1 Å². The molecule has 242 valence electrons. The van der Waals surface area contributed by atoms with E-state index in [9.17, 15) is 14.4 Å². The molecular formula is C36H49N5O4. The summed E-state index contributed by atoms with van der Waals surface area (Å²) in [6.45, 7) is 10.3. The number of rotatable bonds is 14. The van der Waals surface area contributed by atoms with Gasteiger partial charge in [0.2, 0.25) is 17.7 Å². The Labute approximate surface area is 266 Å². The van der Waals surface area contributed by atoms with Crippen molar-refractivity contribution in [1.82, 2.24) is 25.9 Å². The smallest absolute Gasteiger partial charge is 0.245 e. The number of amides is 3. The Morgan fingerprint density at radius 2 is 1.78 bits per heavy atom. The first-order valence-corrected chi connectivity index (χ1v) is 16.4. The van der Waals surface area contributed by atoms with Gasteiger partial charge in [0.25, 0.3) is 0 Å². The lowest BCUT2D eigenvalue weighted by Gasteiger charge is -2.44. The molecule has 0 spiro atoms. The van der Waals surface area contributed by atoms with Crippen LogP contribution >= 0.6 is 0 Å². The summed E-state index contributed by atoms with van der Waals surface area (Å²) in [5.41, 5.74) is 1.38. The van der Waals surface area contributed by atoms with Gasteiger partial charge in [-0.05, 0) is 81.0 Å². The summed E-state index contributed by atoms with van der Waals surface area (Å²) in [4.78, 5) is 48.8. The van der Waals surface area contributed by atoms with Crippen molar-refractivity contribution in [2.24, 2.45) is 11.3 Å². The quantitative estimate of drug-likeness (QED) is 0.193. The highest BCUT2D eigenvalue weighted by molar-refractivity contribution is 5.96. The van der Waals surface area contributed by atoms with Crippen LogP contribution in [0.25, 0.3) is 11.0 Å². The highest BCUT2D eigenvalue weighted by Crippen LogP contribution is 2.59. The van der Waals surface area contributed by atoms with Crippen LogP contribution < -0.4 is 16.0 Å². The third-order valence-electron chi connectivity index (χ3n) is 10.4. The molecular weight excluding hydrogens is 566 g/mol. The van der Waals surface area contributed by atoms with E-state index in [4.69, 9.17) is 9.72 Å². The molecule has 1 heterocycles. The van der Waals surface area contributed by atoms with E-state index in [2.05, 4.69) is 40.0 Å². The number of nitrogens with one attached hydrogen (secondary N) is 4. The predicted molar refractivity (Wildman–Crippen MR) is 176 cm³/mol. The molecule has 2 aliphatic rings. The van der Waals surface area contributed by atoms with Crippen LogP contribution in [0.2, 0.25) is 0 Å². The zero-order chi connectivity index (χ0) is 32.4. The number of nitrogens with zero attached hydrogens (tertiary/aromatic N) is 1. The van der Waals surface area contributed by atoms with Gasteiger partial charge in [0.05, 0.1) is 29.1 Å². The topological polar surface area (TPSA) is 125 Å². The molecule has 0 saturated heterocycles. The van der Waals surface area contributed by atoms with E-state index in [0.717, 1.165) is 43.2 Å². The highest BCUT2D eigenvalue weighted by Gasteiger charge is 2.51. The third kappa shape index (κ3) is 6.37. The van der Waals surface area contributed by atoms with Crippen LogP contribution in [0.1, 0.15) is 102 Å². The summed E-state index contributed by atoms with van der Waals surface area (Å²) in [6, 6.07) is 15.8. The molecule has 2 aliphatic carbocycles. The molecule has 2 fully saturated rings. The minimum absolute atomic E-state index is 0.0303. The van der Waals surface area contributed by atoms with Gasteiger partial charge < -0.3 is 25.7 Å². The third-order valence-corrected chi connectivity index (χ3v) is 10.4. The summed E-state index contributed by atoms with van der Waals surface area (Å²) < 4.78 is 5.61. The Kier molecular flexibility index (Phi) is 9.40. The van der Waals surface area contributed by atoms with Crippen molar-refractivity contribution in [2.45, 2.75) is 96.1 Å². The zero-order valence-electron chi connectivity index (χ0n) is 27.6. The van der Waals surface area contributed by atoms with E-state index in [1.54, 1.807) is 7.11 Å². The highest BCUT2D eigenvalue weighted by atomic mass is 16.5. The fourth-order valence-electron chi connectivity index (χ4n) is 6.88. The molecule has 2 saturated carbocycles. The van der Waals surface area contributed by atoms with Crippen molar-refractivity contribution in [3.8, 4) is 0 Å². The number of hydrogen-bond donors (Lipinski definition) is 4. The van der Waals surface area contributed by atoms with Crippen LogP contribution in [0, 0.1) is 11.3 Å². The van der Waals surface area contributed by atoms with E-state index in [1.807, 2.05) is 64.1 Å². The molecule has 2 unspecified atom stereocenters. The normalized spacial score (nSPS) is 19.8. The van der Waals surface area contributed by atoms with Gasteiger partial charge in [-0.2, -0.15) is 0 Å². The maximum Gasteiger partial charge on any atom is 0.245 e. The van der Waals surface area contributed by atoms with E-state index in [0.29, 0.717) is 24.3 Å². The van der Waals surface area contributed by atoms with Crippen LogP contribution in [0.4, 0.5) is 0 Å². The van der Waals surface area contributed by atoms with Crippen molar-refractivity contribution in [1.29, 1.82) is 0 Å². The molecule has 1 aromatic heterocycles. The molecule has 9 heteroatoms. The van der Waals surface area contributed by atoms with Gasteiger partial charge in [0.1, 0.15) is 11.4 Å². The molecule has 0 radical (unpaired) electrons. The second-order valence-electron chi connectivity index (χ2n) is 13.7. The molecule has 9 nitrogen and oxygen atoms in total. The van der Waals surface area contributed by atoms with Gasteiger partial charge in [-0.15, -0.1) is 0 Å². The standard InChI is InChI=1S/C36H49N5O4/c1-7-28(42)40-30(29(34(3)19-20-34)23-13-10-9-11-14-23)31-38-26-18-17-25(21-27(26)39-31)35(4,22-45-6)32(43)41-36(5,24-15-12-16-24)33(44)37-8-2/h9-11,13-14,17-18,21,24,29-30H,7-8,12,15-16,19-20,22H2,1-6H3,(H,37,44)(H,38,39)(H,40,42)(H,41,43)/t29-,30-,35?,36?/m0/s1. The monoisotopic (exact) mass is 615 g/mol. The lowest BCUT2D eigenvalue weighted by molar-refractivity contribution is -0.140. The number of hydrogen-bond acceptors (Lipinski definition) is 5. The Hall–Kier alpha value is -3.72. The van der Waals surface area contributed by atoms with Crippen LogP contribution in [0.3, 0.4) is 0 Å². The first kappa shape index (κ1) is 32.7. The van der Waals surface area contributed by atoms with Crippen molar-refractivity contribution in [3.05, 3.63) is 65.5 Å². The number of likely N-dealkylation sites (N-methyl/N-ethyl adjacent to an activating group) is 1. The maximum absolute atomic E-state index is 14.1. The zero-order valence-corrected chi connectivity index (χ0v) is 27.6. The average molecular weight is 616 g/mol. The second kappa shape index (κ2) is 12.9. The van der Waals surface area contributed by atoms with E-state index in [-0.39, 0.29) is 47.6 Å². The van der Waals surface area contributed by atoms with Crippen molar-refractivity contribution >= 4 is 28.8 Å². The van der Waals surface area contributed by atoms with E-state index >= 15 is 0 Å². The maximum atomic E-state index is 14.1. The Morgan fingerprint density at radius 1 is 1.07 bits per heavy atom. The molecule has 3 aromatic rings. The lowest BCUT2D eigenvalue weighted by atomic mass is 9.70. The molecule has 0 bridgehead atoms. The van der Waals surface area contributed by atoms with Crippen LogP contribution in [0.5, 0.6) is 0 Å².